The van der Waals surface area contributed by atoms with Gasteiger partial charge in [0, 0.05) is 37.3 Å². The van der Waals surface area contributed by atoms with Gasteiger partial charge in [0.05, 0.1) is 17.0 Å². The standard InChI is InChI=1S/C33H32N4O4/c1-36-29-20-26(37-18-16-25(17-19-37)33(38)39)12-13-27(29)31(35-36)28-14-15-30(40-21-23-8-4-2-5-9-23)34-32(28)41-22-24-10-6-3-7-11-24/h2-15,20,25H,16-19,21-22H2,1H3,(H,38,39). The first kappa shape index (κ1) is 26.4. The Kier molecular flexibility index (Phi) is 7.54. The minimum absolute atomic E-state index is 0.264. The first-order valence-electron chi connectivity index (χ1n) is 13.8. The second kappa shape index (κ2) is 11.7. The number of carboxylic acids is 1. The SMILES string of the molecule is Cn1nc(-c2ccc(OCc3ccccc3)nc2OCc2ccccc2)c2ccc(N3CCC(C(=O)O)CC3)cc21. The summed E-state index contributed by atoms with van der Waals surface area (Å²) in [5, 5.41) is 15.2. The second-order valence-corrected chi connectivity index (χ2v) is 10.3. The summed E-state index contributed by atoms with van der Waals surface area (Å²) in [7, 11) is 1.93. The monoisotopic (exact) mass is 548 g/mol. The van der Waals surface area contributed by atoms with Crippen LogP contribution in [-0.4, -0.2) is 38.9 Å². The quantitative estimate of drug-likeness (QED) is 0.238. The van der Waals surface area contributed by atoms with Gasteiger partial charge < -0.3 is 19.5 Å². The number of carboxylic acid groups (broad SMARTS) is 1. The molecule has 0 bridgehead atoms. The molecule has 8 heteroatoms. The van der Waals surface area contributed by atoms with Gasteiger partial charge in [-0.3, -0.25) is 9.48 Å². The Labute approximate surface area is 238 Å². The fraction of sp³-hybridized carbons (Fsp3) is 0.242. The number of hydrogen-bond donors (Lipinski definition) is 1. The van der Waals surface area contributed by atoms with Crippen molar-refractivity contribution in [3.05, 3.63) is 102 Å². The average molecular weight is 549 g/mol. The third kappa shape index (κ3) is 5.87. The number of nitrogens with zero attached hydrogens (tertiary/aromatic N) is 4. The molecule has 0 spiro atoms. The molecule has 0 amide bonds. The molecule has 3 aromatic carbocycles. The molecule has 208 valence electrons. The second-order valence-electron chi connectivity index (χ2n) is 10.3. The van der Waals surface area contributed by atoms with Crippen LogP contribution in [0.5, 0.6) is 11.8 Å². The van der Waals surface area contributed by atoms with E-state index in [1.165, 1.54) is 0 Å². The molecular formula is C33H32N4O4. The summed E-state index contributed by atoms with van der Waals surface area (Å²) in [4.78, 5) is 18.4. The summed E-state index contributed by atoms with van der Waals surface area (Å²) >= 11 is 0. The first-order chi connectivity index (χ1) is 20.0. The molecule has 1 saturated heterocycles. The van der Waals surface area contributed by atoms with Crippen LogP contribution in [0.1, 0.15) is 24.0 Å². The van der Waals surface area contributed by atoms with Gasteiger partial charge >= 0.3 is 5.97 Å². The van der Waals surface area contributed by atoms with Crippen molar-refractivity contribution in [2.75, 3.05) is 18.0 Å². The Bertz CT molecular complexity index is 1640. The van der Waals surface area contributed by atoms with E-state index in [9.17, 15) is 9.90 Å². The van der Waals surface area contributed by atoms with E-state index in [0.717, 1.165) is 52.1 Å². The number of aryl methyl sites for hydroxylation is 1. The van der Waals surface area contributed by atoms with Crippen molar-refractivity contribution in [1.82, 2.24) is 14.8 Å². The van der Waals surface area contributed by atoms with E-state index in [2.05, 4.69) is 23.1 Å². The number of fused-ring (bicyclic) bond motifs is 1. The topological polar surface area (TPSA) is 89.7 Å². The summed E-state index contributed by atoms with van der Waals surface area (Å²) in [6.07, 6.45) is 1.30. The molecule has 0 radical (unpaired) electrons. The number of carbonyl (C=O) groups is 1. The maximum atomic E-state index is 11.4. The number of pyridine rings is 1. The Balaban J connectivity index is 1.30. The van der Waals surface area contributed by atoms with Crippen LogP contribution in [0.15, 0.2) is 91.0 Å². The van der Waals surface area contributed by atoms with Crippen LogP contribution in [0.2, 0.25) is 0 Å². The van der Waals surface area contributed by atoms with Crippen LogP contribution < -0.4 is 14.4 Å². The number of hydrogen-bond acceptors (Lipinski definition) is 6. The largest absolute Gasteiger partial charge is 0.481 e. The van der Waals surface area contributed by atoms with E-state index >= 15 is 0 Å². The number of rotatable bonds is 9. The van der Waals surface area contributed by atoms with Crippen LogP contribution in [0.25, 0.3) is 22.2 Å². The average Bonchev–Trinajstić information content (AvgIpc) is 3.35. The third-order valence-corrected chi connectivity index (χ3v) is 7.58. The summed E-state index contributed by atoms with van der Waals surface area (Å²) in [5.74, 6) is -0.0290. The van der Waals surface area contributed by atoms with Crippen LogP contribution in [0.4, 0.5) is 5.69 Å². The van der Waals surface area contributed by atoms with Crippen LogP contribution in [0.3, 0.4) is 0 Å². The maximum absolute atomic E-state index is 11.4. The zero-order valence-electron chi connectivity index (χ0n) is 22.9. The molecule has 1 aliphatic heterocycles. The van der Waals surface area contributed by atoms with E-state index in [4.69, 9.17) is 19.6 Å². The predicted molar refractivity (Wildman–Crippen MR) is 158 cm³/mol. The maximum Gasteiger partial charge on any atom is 0.306 e. The smallest absolute Gasteiger partial charge is 0.306 e. The van der Waals surface area contributed by atoms with Gasteiger partial charge in [-0.05, 0) is 48.2 Å². The Hall–Kier alpha value is -4.85. The Morgan fingerprint density at radius 2 is 1.54 bits per heavy atom. The first-order valence-corrected chi connectivity index (χ1v) is 13.8. The molecule has 0 aliphatic carbocycles. The Morgan fingerprint density at radius 1 is 0.878 bits per heavy atom. The van der Waals surface area contributed by atoms with Gasteiger partial charge in [0.1, 0.15) is 18.9 Å². The molecule has 1 N–H and O–H groups in total. The van der Waals surface area contributed by atoms with Crippen molar-refractivity contribution in [1.29, 1.82) is 0 Å². The normalized spacial score (nSPS) is 13.8. The highest BCUT2D eigenvalue weighted by Crippen LogP contribution is 2.37. The van der Waals surface area contributed by atoms with Gasteiger partial charge in [-0.15, -0.1) is 0 Å². The number of aromatic nitrogens is 3. The zero-order valence-corrected chi connectivity index (χ0v) is 22.9. The summed E-state index contributed by atoms with van der Waals surface area (Å²) in [5.41, 5.74) is 5.72. The molecule has 1 aliphatic rings. The Morgan fingerprint density at radius 3 is 2.20 bits per heavy atom. The predicted octanol–water partition coefficient (Wildman–Crippen LogP) is 6.09. The lowest BCUT2D eigenvalue weighted by Gasteiger charge is -2.32. The molecule has 0 saturated carbocycles. The third-order valence-electron chi connectivity index (χ3n) is 7.58. The highest BCUT2D eigenvalue weighted by molar-refractivity contribution is 5.96. The fourth-order valence-corrected chi connectivity index (χ4v) is 5.28. The summed E-state index contributed by atoms with van der Waals surface area (Å²) in [6.45, 7) is 2.21. The molecule has 8 nitrogen and oxygen atoms in total. The molecule has 3 heterocycles. The minimum atomic E-state index is -0.702. The van der Waals surface area contributed by atoms with Crippen LogP contribution >= 0.6 is 0 Å². The van der Waals surface area contributed by atoms with E-state index in [-0.39, 0.29) is 5.92 Å². The van der Waals surface area contributed by atoms with E-state index in [1.54, 1.807) is 0 Å². The van der Waals surface area contributed by atoms with Crippen molar-refractivity contribution < 1.29 is 19.4 Å². The van der Waals surface area contributed by atoms with Gasteiger partial charge in [-0.25, -0.2) is 0 Å². The number of piperidine rings is 1. The van der Waals surface area contributed by atoms with Gasteiger partial charge in [0.15, 0.2) is 0 Å². The highest BCUT2D eigenvalue weighted by atomic mass is 16.5. The molecule has 0 unspecified atom stereocenters. The van der Waals surface area contributed by atoms with Crippen molar-refractivity contribution in [3.63, 3.8) is 0 Å². The number of anilines is 1. The molecule has 5 aromatic rings. The zero-order chi connectivity index (χ0) is 28.2. The lowest BCUT2D eigenvalue weighted by atomic mass is 9.96. The van der Waals surface area contributed by atoms with E-state index in [1.807, 2.05) is 84.5 Å². The number of ether oxygens (including phenoxy) is 2. The molecule has 2 aromatic heterocycles. The minimum Gasteiger partial charge on any atom is -0.481 e. The molecule has 1 fully saturated rings. The van der Waals surface area contributed by atoms with Gasteiger partial charge in [-0.1, -0.05) is 60.7 Å². The van der Waals surface area contributed by atoms with Crippen molar-refractivity contribution in [2.24, 2.45) is 13.0 Å². The summed E-state index contributed by atoms with van der Waals surface area (Å²) < 4.78 is 14.2. The van der Waals surface area contributed by atoms with Crippen molar-refractivity contribution in [2.45, 2.75) is 26.1 Å². The van der Waals surface area contributed by atoms with Crippen LogP contribution in [-0.2, 0) is 25.1 Å². The van der Waals surface area contributed by atoms with E-state index < -0.39 is 5.97 Å². The summed E-state index contributed by atoms with van der Waals surface area (Å²) in [6, 6.07) is 30.1. The molecule has 6 rings (SSSR count). The van der Waals surface area contributed by atoms with Crippen molar-refractivity contribution in [3.8, 4) is 23.0 Å². The lowest BCUT2D eigenvalue weighted by molar-refractivity contribution is -0.142. The lowest BCUT2D eigenvalue weighted by Crippen LogP contribution is -2.36. The fourth-order valence-electron chi connectivity index (χ4n) is 5.28. The molecular weight excluding hydrogens is 516 g/mol. The van der Waals surface area contributed by atoms with Crippen molar-refractivity contribution >= 4 is 22.6 Å². The van der Waals surface area contributed by atoms with Gasteiger partial charge in [-0.2, -0.15) is 10.1 Å². The molecule has 41 heavy (non-hydrogen) atoms. The van der Waals surface area contributed by atoms with Crippen LogP contribution in [0, 0.1) is 5.92 Å². The number of aliphatic carboxylic acids is 1. The molecule has 0 atom stereocenters. The van der Waals surface area contributed by atoms with Gasteiger partial charge in [0.25, 0.3) is 0 Å². The van der Waals surface area contributed by atoms with Gasteiger partial charge in [0.2, 0.25) is 11.8 Å². The highest BCUT2D eigenvalue weighted by Gasteiger charge is 2.25. The van der Waals surface area contributed by atoms with E-state index in [0.29, 0.717) is 37.8 Å². The number of benzene rings is 3.